The van der Waals surface area contributed by atoms with E-state index >= 15 is 0 Å². The fraction of sp³-hybridized carbons (Fsp3) is 0.0303. The largest absolute Gasteiger partial charge is 0.321 e. The van der Waals surface area contributed by atoms with Gasteiger partial charge in [-0.3, -0.25) is 14.4 Å². The van der Waals surface area contributed by atoms with E-state index in [-0.39, 0.29) is 17.4 Å². The molecule has 43 heavy (non-hydrogen) atoms. The van der Waals surface area contributed by atoms with Gasteiger partial charge in [-0.25, -0.2) is 4.98 Å². The lowest BCUT2D eigenvalue weighted by atomic mass is 10.1. The van der Waals surface area contributed by atoms with E-state index in [2.05, 4.69) is 20.9 Å². The normalized spacial score (nSPS) is 11.0. The SMILES string of the molecule is O=C(CSc1cccc(NC(=O)/C(=C\c2ccccc2Cl)NC(=O)c2ccccc2)c1)Nc1nc(-c2ccccc2)cs1. The molecule has 7 nitrogen and oxygen atoms in total. The van der Waals surface area contributed by atoms with Crippen LogP contribution in [0.25, 0.3) is 17.3 Å². The first-order chi connectivity index (χ1) is 20.9. The number of amides is 3. The Morgan fingerprint density at radius 3 is 2.33 bits per heavy atom. The lowest BCUT2D eigenvalue weighted by Gasteiger charge is -2.12. The van der Waals surface area contributed by atoms with Gasteiger partial charge in [0.05, 0.1) is 11.4 Å². The number of nitrogens with zero attached hydrogens (tertiary/aromatic N) is 1. The van der Waals surface area contributed by atoms with Gasteiger partial charge < -0.3 is 16.0 Å². The number of hydrogen-bond acceptors (Lipinski definition) is 6. The van der Waals surface area contributed by atoms with Crippen molar-refractivity contribution in [1.29, 1.82) is 0 Å². The quantitative estimate of drug-likeness (QED) is 0.110. The molecule has 1 heterocycles. The first-order valence-electron chi connectivity index (χ1n) is 13.1. The van der Waals surface area contributed by atoms with Gasteiger partial charge in [0.1, 0.15) is 5.70 Å². The molecule has 3 amide bonds. The van der Waals surface area contributed by atoms with E-state index in [1.54, 1.807) is 72.8 Å². The van der Waals surface area contributed by atoms with Crippen molar-refractivity contribution in [1.82, 2.24) is 10.3 Å². The van der Waals surface area contributed by atoms with Gasteiger partial charge in [0.25, 0.3) is 11.8 Å². The molecule has 0 bridgehead atoms. The molecule has 0 saturated heterocycles. The molecule has 0 unspecified atom stereocenters. The van der Waals surface area contributed by atoms with Crippen molar-refractivity contribution in [2.75, 3.05) is 16.4 Å². The van der Waals surface area contributed by atoms with Gasteiger partial charge in [0, 0.05) is 32.1 Å². The monoisotopic (exact) mass is 624 g/mol. The van der Waals surface area contributed by atoms with E-state index in [1.807, 2.05) is 41.8 Å². The van der Waals surface area contributed by atoms with Crippen LogP contribution in [-0.4, -0.2) is 28.5 Å². The summed E-state index contributed by atoms with van der Waals surface area (Å²) in [5.41, 5.74) is 3.30. The highest BCUT2D eigenvalue weighted by Gasteiger charge is 2.16. The molecule has 0 fully saturated rings. The average Bonchev–Trinajstić information content (AvgIpc) is 3.50. The van der Waals surface area contributed by atoms with E-state index in [9.17, 15) is 14.4 Å². The van der Waals surface area contributed by atoms with Crippen LogP contribution in [0, 0.1) is 0 Å². The highest BCUT2D eigenvalue weighted by atomic mass is 35.5. The molecule has 0 spiro atoms. The number of aromatic nitrogens is 1. The molecular weight excluding hydrogens is 600 g/mol. The molecule has 3 N–H and O–H groups in total. The summed E-state index contributed by atoms with van der Waals surface area (Å²) in [6, 6.07) is 32.5. The van der Waals surface area contributed by atoms with Crippen LogP contribution in [0.4, 0.5) is 10.8 Å². The Kier molecular flexibility index (Phi) is 10.0. The van der Waals surface area contributed by atoms with Crippen LogP contribution < -0.4 is 16.0 Å². The number of hydrogen-bond donors (Lipinski definition) is 3. The molecule has 214 valence electrons. The van der Waals surface area contributed by atoms with E-state index in [0.29, 0.717) is 27.0 Å². The fourth-order valence-electron chi connectivity index (χ4n) is 3.93. The molecule has 4 aromatic carbocycles. The molecule has 5 aromatic rings. The Balaban J connectivity index is 1.23. The summed E-state index contributed by atoms with van der Waals surface area (Å²) in [5.74, 6) is -0.993. The molecule has 0 aliphatic carbocycles. The fourth-order valence-corrected chi connectivity index (χ4v) is 5.61. The molecule has 1 aromatic heterocycles. The number of anilines is 2. The van der Waals surface area contributed by atoms with Crippen LogP contribution in [0.2, 0.25) is 5.02 Å². The summed E-state index contributed by atoms with van der Waals surface area (Å²) in [6.45, 7) is 0. The van der Waals surface area contributed by atoms with Gasteiger partial charge in [-0.05, 0) is 48.0 Å². The third-order valence-electron chi connectivity index (χ3n) is 6.02. The third kappa shape index (κ3) is 8.42. The van der Waals surface area contributed by atoms with Gasteiger partial charge in [-0.1, -0.05) is 84.4 Å². The van der Waals surface area contributed by atoms with E-state index < -0.39 is 11.8 Å². The maximum Gasteiger partial charge on any atom is 0.272 e. The Labute approximate surface area is 262 Å². The maximum atomic E-state index is 13.4. The summed E-state index contributed by atoms with van der Waals surface area (Å²) in [7, 11) is 0. The van der Waals surface area contributed by atoms with Crippen LogP contribution in [0.3, 0.4) is 0 Å². The predicted molar refractivity (Wildman–Crippen MR) is 175 cm³/mol. The molecule has 0 aliphatic rings. The third-order valence-corrected chi connectivity index (χ3v) is 8.11. The Hall–Kier alpha value is -4.70. The average molecular weight is 625 g/mol. The van der Waals surface area contributed by atoms with Crippen LogP contribution in [0.15, 0.2) is 125 Å². The van der Waals surface area contributed by atoms with Crippen molar-refractivity contribution in [3.63, 3.8) is 0 Å². The Morgan fingerprint density at radius 1 is 0.837 bits per heavy atom. The zero-order valence-electron chi connectivity index (χ0n) is 22.6. The minimum atomic E-state index is -0.526. The van der Waals surface area contributed by atoms with Gasteiger partial charge in [-0.15, -0.1) is 23.1 Å². The molecular formula is C33H25ClN4O3S2. The summed E-state index contributed by atoms with van der Waals surface area (Å²) < 4.78 is 0. The van der Waals surface area contributed by atoms with Gasteiger partial charge in [0.2, 0.25) is 5.91 Å². The van der Waals surface area contributed by atoms with Crippen molar-refractivity contribution < 1.29 is 14.4 Å². The molecule has 10 heteroatoms. The molecule has 5 rings (SSSR count). The smallest absolute Gasteiger partial charge is 0.272 e. The second-order valence-corrected chi connectivity index (χ2v) is 11.4. The Bertz CT molecular complexity index is 1780. The lowest BCUT2D eigenvalue weighted by molar-refractivity contribution is -0.114. The predicted octanol–water partition coefficient (Wildman–Crippen LogP) is 7.60. The van der Waals surface area contributed by atoms with Gasteiger partial charge in [0.15, 0.2) is 5.13 Å². The van der Waals surface area contributed by atoms with Crippen molar-refractivity contribution in [3.05, 3.63) is 136 Å². The van der Waals surface area contributed by atoms with E-state index in [0.717, 1.165) is 16.2 Å². The van der Waals surface area contributed by atoms with Crippen molar-refractivity contribution in [3.8, 4) is 11.3 Å². The lowest BCUT2D eigenvalue weighted by Crippen LogP contribution is -2.30. The number of thioether (sulfide) groups is 1. The van der Waals surface area contributed by atoms with E-state index in [4.69, 9.17) is 11.6 Å². The standard InChI is InChI=1S/C33H25ClN4O3S2/c34-27-17-8-7-14-24(27)18-28(36-31(40)23-12-5-2-6-13-23)32(41)35-25-15-9-16-26(19-25)42-21-30(39)38-33-37-29(20-43-33)22-10-3-1-4-11-22/h1-20H,21H2,(H,35,41)(H,36,40)(H,37,38,39)/b28-18+. The number of carbonyl (C=O) groups excluding carboxylic acids is 3. The first kappa shape index (κ1) is 29.8. The second kappa shape index (κ2) is 14.5. The number of halogens is 1. The number of nitrogens with one attached hydrogen (secondary N) is 3. The molecule has 0 radical (unpaired) electrons. The van der Waals surface area contributed by atoms with Crippen LogP contribution in [-0.2, 0) is 9.59 Å². The maximum absolute atomic E-state index is 13.4. The number of benzene rings is 4. The first-order valence-corrected chi connectivity index (χ1v) is 15.4. The molecule has 0 aliphatic heterocycles. The van der Waals surface area contributed by atoms with E-state index in [1.165, 1.54) is 29.2 Å². The molecule has 0 saturated carbocycles. The summed E-state index contributed by atoms with van der Waals surface area (Å²) in [6.07, 6.45) is 1.53. The van der Waals surface area contributed by atoms with Crippen molar-refractivity contribution >= 4 is 69.3 Å². The number of carbonyl (C=O) groups is 3. The highest BCUT2D eigenvalue weighted by Crippen LogP contribution is 2.26. The summed E-state index contributed by atoms with van der Waals surface area (Å²) >= 11 is 9.01. The highest BCUT2D eigenvalue weighted by molar-refractivity contribution is 8.00. The minimum absolute atomic E-state index is 0.0257. The van der Waals surface area contributed by atoms with Gasteiger partial charge in [-0.2, -0.15) is 0 Å². The zero-order valence-corrected chi connectivity index (χ0v) is 25.0. The summed E-state index contributed by atoms with van der Waals surface area (Å²) in [4.78, 5) is 44.1. The van der Waals surface area contributed by atoms with Gasteiger partial charge >= 0.3 is 0 Å². The van der Waals surface area contributed by atoms with Crippen LogP contribution in [0.1, 0.15) is 15.9 Å². The zero-order chi connectivity index (χ0) is 30.0. The topological polar surface area (TPSA) is 100 Å². The number of thiazole rings is 1. The van der Waals surface area contributed by atoms with Crippen LogP contribution in [0.5, 0.6) is 0 Å². The molecule has 0 atom stereocenters. The van der Waals surface area contributed by atoms with Crippen molar-refractivity contribution in [2.24, 2.45) is 0 Å². The van der Waals surface area contributed by atoms with Crippen molar-refractivity contribution in [2.45, 2.75) is 4.90 Å². The Morgan fingerprint density at radius 2 is 1.56 bits per heavy atom. The van der Waals surface area contributed by atoms with Crippen LogP contribution >= 0.6 is 34.7 Å². The second-order valence-electron chi connectivity index (χ2n) is 9.12. The summed E-state index contributed by atoms with van der Waals surface area (Å²) in [5, 5.41) is 11.3. The number of rotatable bonds is 10. The minimum Gasteiger partial charge on any atom is -0.321 e.